The number of aromatic carboxylic acids is 1. The van der Waals surface area contributed by atoms with Crippen LogP contribution in [0.3, 0.4) is 0 Å². The van der Waals surface area contributed by atoms with Gasteiger partial charge in [0.2, 0.25) is 9.84 Å². The van der Waals surface area contributed by atoms with Crippen molar-refractivity contribution in [1.29, 1.82) is 0 Å². The second-order valence-electron chi connectivity index (χ2n) is 6.51. The smallest absolute Gasteiger partial charge is 0.337 e. The fourth-order valence-electron chi connectivity index (χ4n) is 2.96. The number of halogens is 1. The highest BCUT2D eigenvalue weighted by molar-refractivity contribution is 9.10. The molecule has 0 bridgehead atoms. The molecule has 9 heteroatoms. The lowest BCUT2D eigenvalue weighted by atomic mass is 10.1. The van der Waals surface area contributed by atoms with E-state index < -0.39 is 21.2 Å². The normalized spacial score (nSPS) is 12.2. The van der Waals surface area contributed by atoms with E-state index in [1.807, 2.05) is 0 Å². The number of carboxylic acid groups (broad SMARTS) is 1. The minimum Gasteiger partial charge on any atom is -0.497 e. The van der Waals surface area contributed by atoms with Crippen LogP contribution in [0, 0.1) is 6.92 Å². The van der Waals surface area contributed by atoms with E-state index in [2.05, 4.69) is 26.2 Å². The zero-order valence-corrected chi connectivity index (χ0v) is 18.6. The molecule has 1 atom stereocenters. The van der Waals surface area contributed by atoms with Gasteiger partial charge in [-0.2, -0.15) is 0 Å². The van der Waals surface area contributed by atoms with E-state index in [1.165, 1.54) is 37.7 Å². The summed E-state index contributed by atoms with van der Waals surface area (Å²) in [5.41, 5.74) is 1.22. The average Bonchev–Trinajstić information content (AvgIpc) is 2.73. The molecule has 156 valence electrons. The molecule has 0 amide bonds. The van der Waals surface area contributed by atoms with Crippen LogP contribution in [0.25, 0.3) is 0 Å². The molecule has 7 nitrogen and oxygen atoms in total. The molecule has 1 unspecified atom stereocenters. The molecule has 0 radical (unpaired) electrons. The number of methoxy groups -OCH3 is 1. The molecule has 0 spiro atoms. The first-order valence-electron chi connectivity index (χ1n) is 8.82. The highest BCUT2D eigenvalue weighted by Crippen LogP contribution is 2.36. The number of nitrogens with zero attached hydrogens (tertiary/aromatic N) is 1. The van der Waals surface area contributed by atoms with Crippen molar-refractivity contribution in [3.63, 3.8) is 0 Å². The van der Waals surface area contributed by atoms with Crippen LogP contribution in [0.4, 0.5) is 5.69 Å². The van der Waals surface area contributed by atoms with Gasteiger partial charge in [0, 0.05) is 22.4 Å². The van der Waals surface area contributed by atoms with Gasteiger partial charge in [0.1, 0.15) is 5.75 Å². The maximum absolute atomic E-state index is 13.5. The molecule has 1 aromatic heterocycles. The lowest BCUT2D eigenvalue weighted by Gasteiger charge is -2.23. The lowest BCUT2D eigenvalue weighted by molar-refractivity contribution is 0.0697. The molecule has 0 aliphatic carbocycles. The van der Waals surface area contributed by atoms with E-state index in [4.69, 9.17) is 4.74 Å². The number of aromatic nitrogens is 1. The Labute approximate surface area is 182 Å². The maximum atomic E-state index is 13.5. The van der Waals surface area contributed by atoms with Gasteiger partial charge >= 0.3 is 5.97 Å². The second-order valence-corrected chi connectivity index (χ2v) is 9.39. The van der Waals surface area contributed by atoms with Crippen molar-refractivity contribution in [1.82, 2.24) is 4.98 Å². The van der Waals surface area contributed by atoms with Crippen LogP contribution in [0.5, 0.6) is 5.75 Å². The van der Waals surface area contributed by atoms with Gasteiger partial charge in [-0.1, -0.05) is 6.07 Å². The molecule has 3 aromatic rings. The summed E-state index contributed by atoms with van der Waals surface area (Å²) in [5.74, 6) is -0.650. The largest absolute Gasteiger partial charge is 0.497 e. The summed E-state index contributed by atoms with van der Waals surface area (Å²) in [7, 11) is -2.48. The molecule has 2 aromatic carbocycles. The standard InChI is InChI=1S/C21H19BrN2O5S/c1-13-10-17(21(25)26)19(18(22)11-13)24-20(14-4-3-9-23-12-14)30(27,28)16-7-5-15(29-2)6-8-16/h3-12,20,24H,1-2H3,(H,25,26). The Morgan fingerprint density at radius 2 is 1.90 bits per heavy atom. The van der Waals surface area contributed by atoms with Crippen molar-refractivity contribution < 1.29 is 23.1 Å². The van der Waals surface area contributed by atoms with Crippen molar-refractivity contribution in [2.45, 2.75) is 17.2 Å². The minimum absolute atomic E-state index is 0.0410. The Kier molecular flexibility index (Phi) is 6.42. The van der Waals surface area contributed by atoms with Crippen molar-refractivity contribution in [3.05, 3.63) is 82.1 Å². The van der Waals surface area contributed by atoms with E-state index in [0.717, 1.165) is 5.56 Å². The van der Waals surface area contributed by atoms with Crippen LogP contribution in [0.1, 0.15) is 26.9 Å². The van der Waals surface area contributed by atoms with E-state index in [1.54, 1.807) is 37.3 Å². The number of benzene rings is 2. The van der Waals surface area contributed by atoms with Crippen LogP contribution < -0.4 is 10.1 Å². The molecule has 2 N–H and O–H groups in total. The van der Waals surface area contributed by atoms with E-state index >= 15 is 0 Å². The number of nitrogens with one attached hydrogen (secondary N) is 1. The SMILES string of the molecule is COc1ccc(S(=O)(=O)C(Nc2c(Br)cc(C)cc2C(=O)O)c2cccnc2)cc1. The third kappa shape index (κ3) is 4.47. The van der Waals surface area contributed by atoms with Crippen LogP contribution in [-0.2, 0) is 9.84 Å². The quantitative estimate of drug-likeness (QED) is 0.503. The fraction of sp³-hybridized carbons (Fsp3) is 0.143. The first-order chi connectivity index (χ1) is 14.2. The zero-order valence-electron chi connectivity index (χ0n) is 16.2. The summed E-state index contributed by atoms with van der Waals surface area (Å²) >= 11 is 3.36. The second kappa shape index (κ2) is 8.85. The summed E-state index contributed by atoms with van der Waals surface area (Å²) in [4.78, 5) is 15.9. The summed E-state index contributed by atoms with van der Waals surface area (Å²) in [6, 6.07) is 12.4. The molecule has 30 heavy (non-hydrogen) atoms. The summed E-state index contributed by atoms with van der Waals surface area (Å²) in [6.45, 7) is 1.76. The van der Waals surface area contributed by atoms with Crippen LogP contribution >= 0.6 is 15.9 Å². The fourth-order valence-corrected chi connectivity index (χ4v) is 5.21. The number of hydrogen-bond acceptors (Lipinski definition) is 6. The predicted molar refractivity (Wildman–Crippen MR) is 117 cm³/mol. The first kappa shape index (κ1) is 21.8. The average molecular weight is 491 g/mol. The molecule has 0 fully saturated rings. The van der Waals surface area contributed by atoms with Gasteiger partial charge in [-0.3, -0.25) is 4.98 Å². The number of anilines is 1. The molecular formula is C21H19BrN2O5S. The number of pyridine rings is 1. The Hall–Kier alpha value is -2.91. The maximum Gasteiger partial charge on any atom is 0.337 e. The van der Waals surface area contributed by atoms with E-state index in [9.17, 15) is 18.3 Å². The topological polar surface area (TPSA) is 106 Å². The van der Waals surface area contributed by atoms with Crippen LogP contribution in [0.2, 0.25) is 0 Å². The Balaban J connectivity index is 2.15. The van der Waals surface area contributed by atoms with Crippen molar-refractivity contribution in [3.8, 4) is 5.75 Å². The molecule has 0 aliphatic heterocycles. The Morgan fingerprint density at radius 3 is 2.47 bits per heavy atom. The number of hydrogen-bond donors (Lipinski definition) is 2. The van der Waals surface area contributed by atoms with Gasteiger partial charge in [0.25, 0.3) is 0 Å². The third-order valence-electron chi connectivity index (χ3n) is 4.43. The van der Waals surface area contributed by atoms with Gasteiger partial charge in [-0.05, 0) is 70.9 Å². The van der Waals surface area contributed by atoms with Gasteiger partial charge in [-0.15, -0.1) is 0 Å². The number of ether oxygens (including phenoxy) is 1. The number of carbonyl (C=O) groups is 1. The van der Waals surface area contributed by atoms with Gasteiger partial charge < -0.3 is 15.2 Å². The third-order valence-corrected chi connectivity index (χ3v) is 6.99. The number of aryl methyl sites for hydroxylation is 1. The molecule has 0 saturated carbocycles. The lowest BCUT2D eigenvalue weighted by Crippen LogP contribution is -2.23. The predicted octanol–water partition coefficient (Wildman–Crippen LogP) is 4.44. The Bertz CT molecular complexity index is 1170. The minimum atomic E-state index is -3.97. The monoisotopic (exact) mass is 490 g/mol. The summed E-state index contributed by atoms with van der Waals surface area (Å²) in [6.07, 6.45) is 2.96. The summed E-state index contributed by atoms with van der Waals surface area (Å²) < 4.78 is 32.5. The molecule has 3 rings (SSSR count). The molecular weight excluding hydrogens is 472 g/mol. The van der Waals surface area contributed by atoms with Crippen molar-refractivity contribution >= 4 is 37.4 Å². The Morgan fingerprint density at radius 1 is 1.20 bits per heavy atom. The van der Waals surface area contributed by atoms with Gasteiger partial charge in [-0.25, -0.2) is 13.2 Å². The molecule has 0 aliphatic rings. The molecule has 1 heterocycles. The van der Waals surface area contributed by atoms with E-state index in [0.29, 0.717) is 15.8 Å². The highest BCUT2D eigenvalue weighted by atomic mass is 79.9. The highest BCUT2D eigenvalue weighted by Gasteiger charge is 2.31. The van der Waals surface area contributed by atoms with Crippen molar-refractivity contribution in [2.24, 2.45) is 0 Å². The van der Waals surface area contributed by atoms with Gasteiger partial charge in [0.05, 0.1) is 23.3 Å². The zero-order chi connectivity index (χ0) is 21.9. The molecule has 0 saturated heterocycles. The van der Waals surface area contributed by atoms with Crippen LogP contribution in [-0.4, -0.2) is 31.6 Å². The number of sulfone groups is 1. The summed E-state index contributed by atoms with van der Waals surface area (Å²) in [5, 5.41) is 11.3. The van der Waals surface area contributed by atoms with Gasteiger partial charge in [0.15, 0.2) is 5.37 Å². The van der Waals surface area contributed by atoms with Crippen molar-refractivity contribution in [2.75, 3.05) is 12.4 Å². The number of rotatable bonds is 7. The van der Waals surface area contributed by atoms with E-state index in [-0.39, 0.29) is 16.1 Å². The first-order valence-corrected chi connectivity index (χ1v) is 11.2. The number of carboxylic acids is 1. The van der Waals surface area contributed by atoms with Crippen LogP contribution in [0.15, 0.2) is 70.3 Å².